The summed E-state index contributed by atoms with van der Waals surface area (Å²) in [5.41, 5.74) is 0.547. The molecule has 1 aliphatic rings. The number of hydrogen-bond acceptors (Lipinski definition) is 4. The molecule has 0 spiro atoms. The number of amides is 2. The Balaban J connectivity index is 1.62. The molecule has 0 aliphatic carbocycles. The summed E-state index contributed by atoms with van der Waals surface area (Å²) in [6, 6.07) is 7.00. The van der Waals surface area contributed by atoms with Gasteiger partial charge in [0, 0.05) is 42.6 Å². The van der Waals surface area contributed by atoms with Crippen LogP contribution in [0.1, 0.15) is 29.6 Å². The second-order valence-corrected chi connectivity index (χ2v) is 9.32. The highest BCUT2D eigenvalue weighted by Gasteiger charge is 2.24. The average Bonchev–Trinajstić information content (AvgIpc) is 2.60. The molecule has 2 amide bonds. The molecule has 144 valence electrons. The molecule has 26 heavy (non-hydrogen) atoms. The Morgan fingerprint density at radius 2 is 1.77 bits per heavy atom. The van der Waals surface area contributed by atoms with Crippen molar-refractivity contribution in [3.8, 4) is 0 Å². The fourth-order valence-corrected chi connectivity index (χ4v) is 3.92. The Kier molecular flexibility index (Phi) is 7.60. The minimum atomic E-state index is -3.12. The van der Waals surface area contributed by atoms with Crippen LogP contribution in [0.2, 0.25) is 0 Å². The van der Waals surface area contributed by atoms with Crippen molar-refractivity contribution in [1.29, 1.82) is 0 Å². The van der Waals surface area contributed by atoms with Gasteiger partial charge < -0.3 is 10.6 Å². The molecular weight excluding hydrogens is 422 g/mol. The maximum absolute atomic E-state index is 11.9. The molecule has 1 aromatic carbocycles. The first-order valence-electron chi connectivity index (χ1n) is 8.51. The van der Waals surface area contributed by atoms with Crippen molar-refractivity contribution in [2.45, 2.75) is 19.3 Å². The van der Waals surface area contributed by atoms with Crippen LogP contribution in [-0.2, 0) is 14.8 Å². The summed E-state index contributed by atoms with van der Waals surface area (Å²) in [6.45, 7) is 1.82. The van der Waals surface area contributed by atoms with Gasteiger partial charge in [0.15, 0.2) is 0 Å². The number of carbonyl (C=O) groups excluding carboxylic acids is 2. The molecule has 1 saturated heterocycles. The fourth-order valence-electron chi connectivity index (χ4n) is 2.78. The van der Waals surface area contributed by atoms with E-state index in [2.05, 4.69) is 26.6 Å². The van der Waals surface area contributed by atoms with Crippen LogP contribution in [0.15, 0.2) is 28.7 Å². The van der Waals surface area contributed by atoms with Crippen molar-refractivity contribution in [2.24, 2.45) is 5.92 Å². The third kappa shape index (κ3) is 6.69. The molecule has 1 aliphatic heterocycles. The first-order chi connectivity index (χ1) is 12.3. The van der Waals surface area contributed by atoms with Gasteiger partial charge >= 0.3 is 0 Å². The molecule has 0 atom stereocenters. The highest BCUT2D eigenvalue weighted by molar-refractivity contribution is 9.10. The fraction of sp³-hybridized carbons (Fsp3) is 0.529. The molecule has 0 unspecified atom stereocenters. The van der Waals surface area contributed by atoms with E-state index in [4.69, 9.17) is 0 Å². The lowest BCUT2D eigenvalue weighted by Crippen LogP contribution is -2.41. The zero-order chi connectivity index (χ0) is 19.2. The van der Waals surface area contributed by atoms with Crippen molar-refractivity contribution in [3.05, 3.63) is 34.3 Å². The van der Waals surface area contributed by atoms with Gasteiger partial charge in [-0.15, -0.1) is 0 Å². The number of sulfonamides is 1. The van der Waals surface area contributed by atoms with E-state index in [1.807, 2.05) is 0 Å². The highest BCUT2D eigenvalue weighted by atomic mass is 79.9. The Morgan fingerprint density at radius 1 is 1.15 bits per heavy atom. The Morgan fingerprint density at radius 3 is 2.35 bits per heavy atom. The normalized spacial score (nSPS) is 16.2. The Hall–Kier alpha value is -1.45. The minimum Gasteiger partial charge on any atom is -0.356 e. The van der Waals surface area contributed by atoms with Gasteiger partial charge in [-0.05, 0) is 43.0 Å². The van der Waals surface area contributed by atoms with E-state index >= 15 is 0 Å². The molecule has 0 radical (unpaired) electrons. The molecule has 1 aromatic rings. The summed E-state index contributed by atoms with van der Waals surface area (Å²) in [5, 5.41) is 5.58. The maximum atomic E-state index is 11.9. The van der Waals surface area contributed by atoms with Gasteiger partial charge in [-0.1, -0.05) is 15.9 Å². The topological polar surface area (TPSA) is 95.6 Å². The summed E-state index contributed by atoms with van der Waals surface area (Å²) < 4.78 is 25.3. The van der Waals surface area contributed by atoms with E-state index in [-0.39, 0.29) is 30.7 Å². The molecule has 7 nitrogen and oxygen atoms in total. The first-order valence-corrected chi connectivity index (χ1v) is 11.2. The van der Waals surface area contributed by atoms with Crippen LogP contribution >= 0.6 is 15.9 Å². The van der Waals surface area contributed by atoms with Crippen molar-refractivity contribution in [2.75, 3.05) is 32.4 Å². The van der Waals surface area contributed by atoms with Crippen LogP contribution < -0.4 is 10.6 Å². The van der Waals surface area contributed by atoms with Crippen LogP contribution in [0.5, 0.6) is 0 Å². The Bertz CT molecular complexity index is 729. The van der Waals surface area contributed by atoms with E-state index in [9.17, 15) is 18.0 Å². The van der Waals surface area contributed by atoms with Gasteiger partial charge in [0.05, 0.1) is 6.26 Å². The third-order valence-electron chi connectivity index (χ3n) is 4.37. The number of halogens is 1. The van der Waals surface area contributed by atoms with Crippen molar-refractivity contribution < 1.29 is 18.0 Å². The summed E-state index contributed by atoms with van der Waals surface area (Å²) in [5.74, 6) is -0.0422. The lowest BCUT2D eigenvalue weighted by molar-refractivity contribution is -0.121. The average molecular weight is 446 g/mol. The number of carbonyl (C=O) groups is 2. The molecule has 1 fully saturated rings. The van der Waals surface area contributed by atoms with Crippen LogP contribution in [-0.4, -0.2) is 57.0 Å². The SMILES string of the molecule is CS(=O)(=O)N1CCC(CNC(=O)CCNC(=O)c2ccc(Br)cc2)CC1. The number of piperidine rings is 1. The van der Waals surface area contributed by atoms with Gasteiger partial charge in [-0.25, -0.2) is 12.7 Å². The monoisotopic (exact) mass is 445 g/mol. The summed E-state index contributed by atoms with van der Waals surface area (Å²) >= 11 is 3.31. The van der Waals surface area contributed by atoms with Gasteiger partial charge in [-0.2, -0.15) is 0 Å². The molecule has 1 heterocycles. The molecule has 0 saturated carbocycles. The number of benzene rings is 1. The molecular formula is C17H24BrN3O4S. The second-order valence-electron chi connectivity index (χ2n) is 6.42. The number of hydrogen-bond donors (Lipinski definition) is 2. The summed E-state index contributed by atoms with van der Waals surface area (Å²) in [6.07, 6.45) is 2.92. The van der Waals surface area contributed by atoms with Gasteiger partial charge in [-0.3, -0.25) is 9.59 Å². The smallest absolute Gasteiger partial charge is 0.251 e. The number of rotatable bonds is 7. The standard InChI is InChI=1S/C17H24BrN3O4S/c1-26(24,25)21-10-7-13(8-11-21)12-20-16(22)6-9-19-17(23)14-2-4-15(18)5-3-14/h2-5,13H,6-12H2,1H3,(H,19,23)(H,20,22). The molecule has 9 heteroatoms. The lowest BCUT2D eigenvalue weighted by Gasteiger charge is -2.30. The number of nitrogens with one attached hydrogen (secondary N) is 2. The van der Waals surface area contributed by atoms with E-state index in [0.29, 0.717) is 25.2 Å². The maximum Gasteiger partial charge on any atom is 0.251 e. The van der Waals surface area contributed by atoms with Crippen molar-refractivity contribution in [3.63, 3.8) is 0 Å². The zero-order valence-corrected chi connectivity index (χ0v) is 17.1. The predicted octanol–water partition coefficient (Wildman–Crippen LogP) is 1.36. The quantitative estimate of drug-likeness (QED) is 0.661. The van der Waals surface area contributed by atoms with Crippen LogP contribution in [0, 0.1) is 5.92 Å². The lowest BCUT2D eigenvalue weighted by atomic mass is 9.98. The van der Waals surface area contributed by atoms with Crippen LogP contribution in [0.3, 0.4) is 0 Å². The van der Waals surface area contributed by atoms with E-state index in [1.165, 1.54) is 10.6 Å². The van der Waals surface area contributed by atoms with Crippen LogP contribution in [0.4, 0.5) is 0 Å². The largest absolute Gasteiger partial charge is 0.356 e. The summed E-state index contributed by atoms with van der Waals surface area (Å²) in [7, 11) is -3.12. The zero-order valence-electron chi connectivity index (χ0n) is 14.7. The molecule has 0 aromatic heterocycles. The van der Waals surface area contributed by atoms with Gasteiger partial charge in [0.25, 0.3) is 5.91 Å². The van der Waals surface area contributed by atoms with Gasteiger partial charge in [0.1, 0.15) is 0 Å². The first kappa shape index (κ1) is 20.9. The molecule has 2 N–H and O–H groups in total. The van der Waals surface area contributed by atoms with Crippen molar-refractivity contribution in [1.82, 2.24) is 14.9 Å². The highest BCUT2D eigenvalue weighted by Crippen LogP contribution is 2.18. The van der Waals surface area contributed by atoms with E-state index in [1.54, 1.807) is 24.3 Å². The second kappa shape index (κ2) is 9.48. The van der Waals surface area contributed by atoms with Crippen molar-refractivity contribution >= 4 is 37.8 Å². The van der Waals surface area contributed by atoms with Gasteiger partial charge in [0.2, 0.25) is 15.9 Å². The number of nitrogens with zero attached hydrogens (tertiary/aromatic N) is 1. The summed E-state index contributed by atoms with van der Waals surface area (Å²) in [4.78, 5) is 23.8. The van der Waals surface area contributed by atoms with E-state index in [0.717, 1.165) is 17.3 Å². The third-order valence-corrected chi connectivity index (χ3v) is 6.21. The molecule has 2 rings (SSSR count). The van der Waals surface area contributed by atoms with E-state index < -0.39 is 10.0 Å². The van der Waals surface area contributed by atoms with Crippen LogP contribution in [0.25, 0.3) is 0 Å². The predicted molar refractivity (Wildman–Crippen MR) is 103 cm³/mol. The molecule has 0 bridgehead atoms. The Labute approximate surface area is 162 Å². The minimum absolute atomic E-state index is 0.119.